The second-order valence-electron chi connectivity index (χ2n) is 3.38. The number of unbranched alkanes of at least 4 members (excludes halogenated alkanes) is 2. The van der Waals surface area contributed by atoms with Crippen LogP contribution in [0.25, 0.3) is 0 Å². The first-order valence-corrected chi connectivity index (χ1v) is 4.87. The number of rotatable bonds is 5. The Labute approximate surface area is 75.7 Å². The smallest absolute Gasteiger partial charge is 0.0196 e. The van der Waals surface area contributed by atoms with Gasteiger partial charge in [-0.15, -0.1) is 6.58 Å². The molecule has 0 N–H and O–H groups in total. The maximum Gasteiger partial charge on any atom is -0.0196 e. The van der Waals surface area contributed by atoms with E-state index in [9.17, 15) is 0 Å². The maximum atomic E-state index is 3.72. The molecular formula is C12H18. The Bertz CT molecular complexity index is 174. The molecule has 0 saturated heterocycles. The van der Waals surface area contributed by atoms with Crippen molar-refractivity contribution in [2.45, 2.75) is 32.1 Å². The van der Waals surface area contributed by atoms with Crippen molar-refractivity contribution in [3.63, 3.8) is 0 Å². The Balaban J connectivity index is 2.03. The molecule has 0 aromatic heterocycles. The molecular weight excluding hydrogens is 144 g/mol. The lowest BCUT2D eigenvalue weighted by Crippen LogP contribution is -1.96. The van der Waals surface area contributed by atoms with Crippen molar-refractivity contribution in [3.05, 3.63) is 37.0 Å². The first kappa shape index (κ1) is 9.31. The molecule has 1 aliphatic carbocycles. The van der Waals surface area contributed by atoms with Gasteiger partial charge in [0.1, 0.15) is 0 Å². The predicted octanol–water partition coefficient (Wildman–Crippen LogP) is 3.87. The van der Waals surface area contributed by atoms with Crippen molar-refractivity contribution in [1.29, 1.82) is 0 Å². The molecule has 0 aromatic rings. The summed E-state index contributed by atoms with van der Waals surface area (Å²) in [5, 5.41) is 0. The fourth-order valence-corrected chi connectivity index (χ4v) is 1.54. The summed E-state index contributed by atoms with van der Waals surface area (Å²) in [5.41, 5.74) is 0. The Hall–Kier alpha value is -0.780. The second kappa shape index (κ2) is 5.82. The third-order valence-electron chi connectivity index (χ3n) is 2.30. The highest BCUT2D eigenvalue weighted by Gasteiger charge is 2.03. The largest absolute Gasteiger partial charge is 0.103 e. The fourth-order valence-electron chi connectivity index (χ4n) is 1.54. The van der Waals surface area contributed by atoms with E-state index in [0.717, 1.165) is 5.92 Å². The van der Waals surface area contributed by atoms with Crippen molar-refractivity contribution < 1.29 is 0 Å². The van der Waals surface area contributed by atoms with Crippen LogP contribution in [0.15, 0.2) is 37.0 Å². The highest BCUT2D eigenvalue weighted by molar-refractivity contribution is 5.10. The summed E-state index contributed by atoms with van der Waals surface area (Å²) in [6.07, 6.45) is 17.3. The average molecular weight is 162 g/mol. The van der Waals surface area contributed by atoms with Gasteiger partial charge in [0, 0.05) is 0 Å². The van der Waals surface area contributed by atoms with Gasteiger partial charge >= 0.3 is 0 Å². The monoisotopic (exact) mass is 162 g/mol. The lowest BCUT2D eigenvalue weighted by Gasteiger charge is -2.11. The van der Waals surface area contributed by atoms with Crippen molar-refractivity contribution in [2.75, 3.05) is 0 Å². The van der Waals surface area contributed by atoms with Crippen LogP contribution >= 0.6 is 0 Å². The van der Waals surface area contributed by atoms with E-state index in [0.29, 0.717) is 0 Å². The van der Waals surface area contributed by atoms with Gasteiger partial charge < -0.3 is 0 Å². The molecule has 1 rings (SSSR count). The van der Waals surface area contributed by atoms with Gasteiger partial charge in [-0.05, 0) is 31.6 Å². The molecule has 0 spiro atoms. The molecule has 0 nitrogen and oxygen atoms in total. The number of hydrogen-bond acceptors (Lipinski definition) is 0. The lowest BCUT2D eigenvalue weighted by molar-refractivity contribution is 0.548. The van der Waals surface area contributed by atoms with Gasteiger partial charge in [0.15, 0.2) is 0 Å². The zero-order valence-corrected chi connectivity index (χ0v) is 7.71. The van der Waals surface area contributed by atoms with E-state index in [1.165, 1.54) is 32.1 Å². The highest BCUT2D eigenvalue weighted by atomic mass is 14.1. The summed E-state index contributed by atoms with van der Waals surface area (Å²) < 4.78 is 0. The molecule has 66 valence electrons. The molecule has 0 saturated carbocycles. The summed E-state index contributed by atoms with van der Waals surface area (Å²) >= 11 is 0. The summed E-state index contributed by atoms with van der Waals surface area (Å²) in [6.45, 7) is 3.72. The molecule has 12 heavy (non-hydrogen) atoms. The molecule has 0 aliphatic heterocycles. The Morgan fingerprint density at radius 1 is 1.33 bits per heavy atom. The van der Waals surface area contributed by atoms with E-state index in [1.807, 2.05) is 6.08 Å². The van der Waals surface area contributed by atoms with Gasteiger partial charge in [0.25, 0.3) is 0 Å². The van der Waals surface area contributed by atoms with E-state index in [4.69, 9.17) is 0 Å². The van der Waals surface area contributed by atoms with Crippen molar-refractivity contribution >= 4 is 0 Å². The topological polar surface area (TPSA) is 0 Å². The van der Waals surface area contributed by atoms with Crippen molar-refractivity contribution in [1.82, 2.24) is 0 Å². The first-order valence-electron chi connectivity index (χ1n) is 4.87. The van der Waals surface area contributed by atoms with Gasteiger partial charge in [-0.3, -0.25) is 0 Å². The van der Waals surface area contributed by atoms with Gasteiger partial charge in [-0.25, -0.2) is 0 Å². The third kappa shape index (κ3) is 3.56. The molecule has 0 heteroatoms. The van der Waals surface area contributed by atoms with E-state index < -0.39 is 0 Å². The Kier molecular flexibility index (Phi) is 4.51. The van der Waals surface area contributed by atoms with Gasteiger partial charge in [-0.1, -0.05) is 36.8 Å². The Morgan fingerprint density at radius 3 is 2.92 bits per heavy atom. The summed E-state index contributed by atoms with van der Waals surface area (Å²) in [7, 11) is 0. The van der Waals surface area contributed by atoms with Crippen LogP contribution in [0.5, 0.6) is 0 Å². The Morgan fingerprint density at radius 2 is 2.25 bits per heavy atom. The molecule has 0 radical (unpaired) electrons. The molecule has 0 aromatic carbocycles. The van der Waals surface area contributed by atoms with Crippen LogP contribution < -0.4 is 0 Å². The van der Waals surface area contributed by atoms with E-state index in [1.54, 1.807) is 0 Å². The molecule has 0 amide bonds. The summed E-state index contributed by atoms with van der Waals surface area (Å²) in [4.78, 5) is 0. The van der Waals surface area contributed by atoms with Gasteiger partial charge in [0.05, 0.1) is 0 Å². The van der Waals surface area contributed by atoms with Gasteiger partial charge in [-0.2, -0.15) is 0 Å². The van der Waals surface area contributed by atoms with Crippen molar-refractivity contribution in [3.8, 4) is 0 Å². The fraction of sp³-hybridized carbons (Fsp3) is 0.500. The van der Waals surface area contributed by atoms with E-state index >= 15 is 0 Å². The van der Waals surface area contributed by atoms with Crippen LogP contribution in [0.2, 0.25) is 0 Å². The third-order valence-corrected chi connectivity index (χ3v) is 2.30. The quantitative estimate of drug-likeness (QED) is 0.425. The predicted molar refractivity (Wildman–Crippen MR) is 55.1 cm³/mol. The first-order chi connectivity index (χ1) is 5.93. The van der Waals surface area contributed by atoms with E-state index in [-0.39, 0.29) is 0 Å². The molecule has 0 fully saturated rings. The van der Waals surface area contributed by atoms with Crippen molar-refractivity contribution in [2.24, 2.45) is 5.92 Å². The molecule has 0 bridgehead atoms. The zero-order chi connectivity index (χ0) is 8.65. The van der Waals surface area contributed by atoms with E-state index in [2.05, 4.69) is 30.9 Å². The van der Waals surface area contributed by atoms with Gasteiger partial charge in [0.2, 0.25) is 0 Å². The van der Waals surface area contributed by atoms with Crippen LogP contribution in [-0.4, -0.2) is 0 Å². The van der Waals surface area contributed by atoms with Crippen LogP contribution in [-0.2, 0) is 0 Å². The molecule has 1 unspecified atom stereocenters. The molecule has 1 atom stereocenters. The average Bonchev–Trinajstić information content (AvgIpc) is 2.14. The van der Waals surface area contributed by atoms with Crippen LogP contribution in [0.4, 0.5) is 0 Å². The zero-order valence-electron chi connectivity index (χ0n) is 7.71. The minimum atomic E-state index is 0.805. The van der Waals surface area contributed by atoms with Crippen LogP contribution in [0, 0.1) is 5.92 Å². The molecule has 0 heterocycles. The minimum Gasteiger partial charge on any atom is -0.103 e. The lowest BCUT2D eigenvalue weighted by atomic mass is 9.95. The normalized spacial score (nSPS) is 21.2. The standard InChI is InChI=1S/C12H18/c1-2-3-4-6-9-12-10-7-5-8-11-12/h2,5,7-8,10,12H,1,3-4,6,9,11H2. The maximum absolute atomic E-state index is 3.72. The summed E-state index contributed by atoms with van der Waals surface area (Å²) in [5.74, 6) is 0.805. The van der Waals surface area contributed by atoms with Crippen LogP contribution in [0.3, 0.4) is 0 Å². The number of allylic oxidation sites excluding steroid dienone is 5. The second-order valence-corrected chi connectivity index (χ2v) is 3.38. The highest BCUT2D eigenvalue weighted by Crippen LogP contribution is 2.18. The SMILES string of the molecule is C=CCCCCC1C=CC=CC1. The van der Waals surface area contributed by atoms with Crippen LogP contribution in [0.1, 0.15) is 32.1 Å². The molecule has 1 aliphatic rings. The number of hydrogen-bond donors (Lipinski definition) is 0. The minimum absolute atomic E-state index is 0.805. The summed E-state index contributed by atoms with van der Waals surface area (Å²) in [6, 6.07) is 0.